The van der Waals surface area contributed by atoms with Crippen LogP contribution in [0.15, 0.2) is 61.2 Å². The van der Waals surface area contributed by atoms with E-state index in [1.807, 2.05) is 49.1 Å². The SMILES string of the molecule is Cc1cc(C[n+]2cccc(N)c2)c(C)cc1C[n+]1cccc(N)c1.[Cl-].[Cl-]. The number of rotatable bonds is 4. The van der Waals surface area contributed by atoms with Gasteiger partial charge in [-0.1, -0.05) is 0 Å². The molecule has 0 amide bonds. The summed E-state index contributed by atoms with van der Waals surface area (Å²) in [6, 6.07) is 12.3. The second-order valence-electron chi connectivity index (χ2n) is 6.32. The van der Waals surface area contributed by atoms with Gasteiger partial charge in [-0.25, -0.2) is 0 Å². The van der Waals surface area contributed by atoms with Crippen LogP contribution in [0, 0.1) is 13.8 Å². The summed E-state index contributed by atoms with van der Waals surface area (Å²) in [6.45, 7) is 5.97. The van der Waals surface area contributed by atoms with Crippen LogP contribution in [-0.2, 0) is 13.1 Å². The van der Waals surface area contributed by atoms with E-state index in [9.17, 15) is 0 Å². The highest BCUT2D eigenvalue weighted by atomic mass is 35.5. The minimum atomic E-state index is 0. The Morgan fingerprint density at radius 2 is 1.12 bits per heavy atom. The topological polar surface area (TPSA) is 59.8 Å². The summed E-state index contributed by atoms with van der Waals surface area (Å²) in [5.74, 6) is 0. The van der Waals surface area contributed by atoms with E-state index in [-0.39, 0.29) is 24.8 Å². The molecule has 6 heteroatoms. The van der Waals surface area contributed by atoms with Crippen LogP contribution in [0.25, 0.3) is 0 Å². The number of nitrogens with zero attached hydrogens (tertiary/aromatic N) is 2. The zero-order valence-electron chi connectivity index (χ0n) is 15.0. The highest BCUT2D eigenvalue weighted by Crippen LogP contribution is 2.16. The molecule has 2 heterocycles. The van der Waals surface area contributed by atoms with Gasteiger partial charge in [0, 0.05) is 23.3 Å². The average Bonchev–Trinajstić information content (AvgIpc) is 2.52. The number of halogens is 2. The first-order valence-corrected chi connectivity index (χ1v) is 8.09. The number of pyridine rings is 2. The first kappa shape index (κ1) is 21.7. The number of aromatic nitrogens is 2. The summed E-state index contributed by atoms with van der Waals surface area (Å²) in [5.41, 5.74) is 18.5. The van der Waals surface area contributed by atoms with Crippen LogP contribution in [0.3, 0.4) is 0 Å². The number of hydrogen-bond acceptors (Lipinski definition) is 2. The third-order valence-corrected chi connectivity index (χ3v) is 4.26. The van der Waals surface area contributed by atoms with Gasteiger partial charge in [0.25, 0.3) is 0 Å². The largest absolute Gasteiger partial charge is 1.00 e. The lowest BCUT2D eigenvalue weighted by Crippen LogP contribution is -3.00. The van der Waals surface area contributed by atoms with E-state index in [1.54, 1.807) is 0 Å². The highest BCUT2D eigenvalue weighted by Gasteiger charge is 2.12. The van der Waals surface area contributed by atoms with Gasteiger partial charge in [-0.05, 0) is 49.2 Å². The molecule has 0 spiro atoms. The third kappa shape index (κ3) is 5.35. The van der Waals surface area contributed by atoms with Crippen molar-refractivity contribution in [2.45, 2.75) is 26.9 Å². The fourth-order valence-corrected chi connectivity index (χ4v) is 2.95. The maximum Gasteiger partial charge on any atom is 0.192 e. The van der Waals surface area contributed by atoms with Crippen molar-refractivity contribution in [2.75, 3.05) is 11.5 Å². The van der Waals surface area contributed by atoms with Crippen molar-refractivity contribution in [1.82, 2.24) is 0 Å². The summed E-state index contributed by atoms with van der Waals surface area (Å²) in [7, 11) is 0. The van der Waals surface area contributed by atoms with E-state index in [2.05, 4.69) is 35.1 Å². The number of aryl methyl sites for hydroxylation is 2. The van der Waals surface area contributed by atoms with Crippen molar-refractivity contribution >= 4 is 11.4 Å². The Balaban J connectivity index is 0.00000169. The van der Waals surface area contributed by atoms with Gasteiger partial charge in [-0.15, -0.1) is 0 Å². The molecule has 0 atom stereocenters. The quantitative estimate of drug-likeness (QED) is 0.448. The average molecular weight is 391 g/mol. The van der Waals surface area contributed by atoms with Gasteiger partial charge in [0.15, 0.2) is 37.9 Å². The summed E-state index contributed by atoms with van der Waals surface area (Å²) in [5, 5.41) is 0. The second kappa shape index (κ2) is 9.41. The van der Waals surface area contributed by atoms with Gasteiger partial charge in [-0.2, -0.15) is 9.13 Å². The normalized spacial score (nSPS) is 9.92. The molecule has 0 fully saturated rings. The Bertz CT molecular complexity index is 808. The lowest BCUT2D eigenvalue weighted by atomic mass is 9.99. The zero-order chi connectivity index (χ0) is 17.1. The maximum atomic E-state index is 5.87. The molecule has 3 rings (SSSR count). The van der Waals surface area contributed by atoms with E-state index < -0.39 is 0 Å². The van der Waals surface area contributed by atoms with Crippen LogP contribution in [0.4, 0.5) is 11.4 Å². The van der Waals surface area contributed by atoms with Crippen molar-refractivity contribution in [3.8, 4) is 0 Å². The molecule has 26 heavy (non-hydrogen) atoms. The van der Waals surface area contributed by atoms with Gasteiger partial charge in [0.1, 0.15) is 0 Å². The first-order valence-electron chi connectivity index (χ1n) is 8.09. The van der Waals surface area contributed by atoms with Crippen molar-refractivity contribution in [2.24, 2.45) is 0 Å². The van der Waals surface area contributed by atoms with Crippen molar-refractivity contribution in [3.05, 3.63) is 83.4 Å². The Morgan fingerprint density at radius 1 is 0.731 bits per heavy atom. The molecule has 0 bridgehead atoms. The zero-order valence-corrected chi connectivity index (χ0v) is 16.5. The van der Waals surface area contributed by atoms with Gasteiger partial charge in [0.05, 0.1) is 11.4 Å². The monoisotopic (exact) mass is 390 g/mol. The Labute approximate surface area is 167 Å². The number of nitrogens with two attached hydrogens (primary N) is 2. The smallest absolute Gasteiger partial charge is 0.192 e. The van der Waals surface area contributed by atoms with Crippen molar-refractivity contribution < 1.29 is 33.9 Å². The molecule has 0 saturated carbocycles. The maximum absolute atomic E-state index is 5.87. The summed E-state index contributed by atoms with van der Waals surface area (Å²) < 4.78 is 4.23. The fourth-order valence-electron chi connectivity index (χ4n) is 2.95. The number of anilines is 2. The molecule has 0 aliphatic heterocycles. The van der Waals surface area contributed by atoms with Crippen LogP contribution in [0.2, 0.25) is 0 Å². The van der Waals surface area contributed by atoms with E-state index in [0.717, 1.165) is 24.5 Å². The Morgan fingerprint density at radius 3 is 1.46 bits per heavy atom. The summed E-state index contributed by atoms with van der Waals surface area (Å²) in [6.07, 6.45) is 8.01. The Kier molecular flexibility index (Phi) is 7.87. The first-order chi connectivity index (χ1) is 11.5. The molecule has 2 aromatic heterocycles. The van der Waals surface area contributed by atoms with Crippen LogP contribution in [0.5, 0.6) is 0 Å². The minimum absolute atomic E-state index is 0. The van der Waals surface area contributed by atoms with Gasteiger partial charge in [-0.3, -0.25) is 0 Å². The summed E-state index contributed by atoms with van der Waals surface area (Å²) >= 11 is 0. The van der Waals surface area contributed by atoms with E-state index in [1.165, 1.54) is 22.3 Å². The van der Waals surface area contributed by atoms with Crippen LogP contribution < -0.4 is 45.4 Å². The van der Waals surface area contributed by atoms with E-state index in [4.69, 9.17) is 11.5 Å². The van der Waals surface area contributed by atoms with Crippen molar-refractivity contribution in [1.29, 1.82) is 0 Å². The molecular formula is C20H24Cl2N4. The van der Waals surface area contributed by atoms with Gasteiger partial charge >= 0.3 is 0 Å². The molecule has 1 aromatic carbocycles. The fraction of sp³-hybridized carbons (Fsp3) is 0.200. The highest BCUT2D eigenvalue weighted by molar-refractivity contribution is 5.37. The third-order valence-electron chi connectivity index (χ3n) is 4.26. The van der Waals surface area contributed by atoms with Gasteiger partial charge < -0.3 is 36.3 Å². The van der Waals surface area contributed by atoms with E-state index in [0.29, 0.717) is 0 Å². The number of benzene rings is 1. The summed E-state index contributed by atoms with van der Waals surface area (Å²) in [4.78, 5) is 0. The minimum Gasteiger partial charge on any atom is -1.00 e. The van der Waals surface area contributed by atoms with Crippen molar-refractivity contribution in [3.63, 3.8) is 0 Å². The molecule has 138 valence electrons. The predicted octanol–water partition coefficient (Wildman–Crippen LogP) is -3.85. The standard InChI is InChI=1S/C20H24N4.2ClH/c1-15-9-18(12-24-8-4-6-20(22)14-24)16(2)10-17(15)11-23-7-3-5-19(21)13-23;;/h3-10,13-14H,11-12,21-22H2,1-2H3;2*1H/q+2;;/p-2. The van der Waals surface area contributed by atoms with Crippen LogP contribution >= 0.6 is 0 Å². The molecule has 0 aliphatic carbocycles. The van der Waals surface area contributed by atoms with E-state index >= 15 is 0 Å². The molecule has 0 saturated heterocycles. The molecule has 0 aliphatic rings. The Hall–Kier alpha value is -2.30. The molecule has 4 nitrogen and oxygen atoms in total. The number of hydrogen-bond donors (Lipinski definition) is 2. The van der Waals surface area contributed by atoms with Gasteiger partial charge in [0.2, 0.25) is 0 Å². The molecule has 4 N–H and O–H groups in total. The second-order valence-corrected chi connectivity index (χ2v) is 6.32. The molecular weight excluding hydrogens is 367 g/mol. The molecule has 0 radical (unpaired) electrons. The number of nitrogen functional groups attached to an aromatic ring is 2. The lowest BCUT2D eigenvalue weighted by molar-refractivity contribution is -0.688. The van der Waals surface area contributed by atoms with Crippen LogP contribution in [0.1, 0.15) is 22.3 Å². The molecule has 0 unspecified atom stereocenters. The predicted molar refractivity (Wildman–Crippen MR) is 96.2 cm³/mol. The molecule has 3 aromatic rings. The van der Waals surface area contributed by atoms with Crippen LogP contribution in [-0.4, -0.2) is 0 Å². The lowest BCUT2D eigenvalue weighted by Gasteiger charge is -2.09.